The molecular formula is C8H8N2O4. The van der Waals surface area contributed by atoms with Crippen LogP contribution in [0.5, 0.6) is 11.5 Å². The van der Waals surface area contributed by atoms with E-state index in [-0.39, 0.29) is 18.4 Å². The minimum Gasteiger partial charge on any atom is -0.502 e. The van der Waals surface area contributed by atoms with Gasteiger partial charge < -0.3 is 15.6 Å². The number of rotatable bonds is 1. The van der Waals surface area contributed by atoms with Crippen LogP contribution >= 0.6 is 0 Å². The summed E-state index contributed by atoms with van der Waals surface area (Å²) in [6.07, 6.45) is 0. The zero-order chi connectivity index (χ0) is 10.3. The predicted octanol–water partition coefficient (Wildman–Crippen LogP) is 0.693. The molecule has 6 heteroatoms. The molecule has 1 aromatic rings. The molecule has 1 atom stereocenters. The average Bonchev–Trinajstić information content (AvgIpc) is 2.47. The van der Waals surface area contributed by atoms with Gasteiger partial charge in [0.1, 0.15) is 6.61 Å². The van der Waals surface area contributed by atoms with Crippen molar-refractivity contribution in [2.75, 3.05) is 6.61 Å². The Morgan fingerprint density at radius 1 is 1.64 bits per heavy atom. The van der Waals surface area contributed by atoms with Gasteiger partial charge in [0, 0.05) is 5.56 Å². The molecule has 1 unspecified atom stereocenters. The molecule has 0 aromatic heterocycles. The minimum atomic E-state index is -0.674. The SMILES string of the molecule is NC1COc2c1ccc(O)c2[N+](=O)[O-]. The van der Waals surface area contributed by atoms with Gasteiger partial charge in [-0.1, -0.05) is 0 Å². The van der Waals surface area contributed by atoms with Crippen LogP contribution in [-0.4, -0.2) is 16.6 Å². The average molecular weight is 196 g/mol. The molecule has 0 aliphatic carbocycles. The first-order chi connectivity index (χ1) is 6.61. The highest BCUT2D eigenvalue weighted by molar-refractivity contribution is 5.62. The topological polar surface area (TPSA) is 98.6 Å². The van der Waals surface area contributed by atoms with E-state index in [1.165, 1.54) is 12.1 Å². The van der Waals surface area contributed by atoms with Crippen LogP contribution in [0.3, 0.4) is 0 Å². The van der Waals surface area contributed by atoms with Crippen LogP contribution in [0.1, 0.15) is 11.6 Å². The third-order valence-corrected chi connectivity index (χ3v) is 2.13. The Morgan fingerprint density at radius 2 is 2.36 bits per heavy atom. The Kier molecular flexibility index (Phi) is 1.78. The number of hydrogen-bond acceptors (Lipinski definition) is 5. The fraction of sp³-hybridized carbons (Fsp3) is 0.250. The standard InChI is InChI=1S/C8H8N2O4/c9-5-3-14-8-4(5)1-2-6(11)7(8)10(12)13/h1-2,5,11H,3,9H2. The van der Waals surface area contributed by atoms with E-state index in [0.29, 0.717) is 5.56 Å². The molecule has 2 rings (SSSR count). The van der Waals surface area contributed by atoms with Crippen molar-refractivity contribution in [3.8, 4) is 11.5 Å². The number of fused-ring (bicyclic) bond motifs is 1. The maximum absolute atomic E-state index is 10.6. The second-order valence-corrected chi connectivity index (χ2v) is 3.03. The summed E-state index contributed by atoms with van der Waals surface area (Å²) in [5.41, 5.74) is 5.79. The van der Waals surface area contributed by atoms with E-state index < -0.39 is 16.4 Å². The molecular weight excluding hydrogens is 188 g/mol. The monoisotopic (exact) mass is 196 g/mol. The Morgan fingerprint density at radius 3 is 3.00 bits per heavy atom. The lowest BCUT2D eigenvalue weighted by Gasteiger charge is -2.02. The van der Waals surface area contributed by atoms with Crippen molar-refractivity contribution >= 4 is 5.69 Å². The number of nitrogens with two attached hydrogens (primary N) is 1. The van der Waals surface area contributed by atoms with E-state index in [1.54, 1.807) is 0 Å². The van der Waals surface area contributed by atoms with Crippen LogP contribution in [-0.2, 0) is 0 Å². The third-order valence-electron chi connectivity index (χ3n) is 2.13. The van der Waals surface area contributed by atoms with Crippen molar-refractivity contribution in [2.45, 2.75) is 6.04 Å². The summed E-state index contributed by atoms with van der Waals surface area (Å²) in [4.78, 5) is 9.94. The minimum absolute atomic E-state index is 0.0856. The van der Waals surface area contributed by atoms with Gasteiger partial charge in [0.15, 0.2) is 5.75 Å². The molecule has 0 saturated carbocycles. The van der Waals surface area contributed by atoms with Crippen LogP contribution in [0.15, 0.2) is 12.1 Å². The highest BCUT2D eigenvalue weighted by Crippen LogP contribution is 2.44. The predicted molar refractivity (Wildman–Crippen MR) is 47.2 cm³/mol. The van der Waals surface area contributed by atoms with Crippen LogP contribution in [0.2, 0.25) is 0 Å². The smallest absolute Gasteiger partial charge is 0.352 e. The molecule has 1 aliphatic heterocycles. The summed E-state index contributed by atoms with van der Waals surface area (Å²) in [6, 6.07) is 2.44. The number of phenols is 1. The molecule has 3 N–H and O–H groups in total. The van der Waals surface area contributed by atoms with E-state index in [2.05, 4.69) is 0 Å². The summed E-state index contributed by atoms with van der Waals surface area (Å²) in [6.45, 7) is 0.208. The normalized spacial score (nSPS) is 18.8. The number of aromatic hydroxyl groups is 1. The van der Waals surface area contributed by atoms with Gasteiger partial charge in [0.05, 0.1) is 11.0 Å². The third kappa shape index (κ3) is 1.08. The molecule has 74 valence electrons. The number of nitrogens with zero attached hydrogens (tertiary/aromatic N) is 1. The van der Waals surface area contributed by atoms with Crippen molar-refractivity contribution in [1.29, 1.82) is 0 Å². The van der Waals surface area contributed by atoms with Gasteiger partial charge in [0.25, 0.3) is 0 Å². The Hall–Kier alpha value is -1.82. The second kappa shape index (κ2) is 2.85. The molecule has 1 aliphatic rings. The zero-order valence-electron chi connectivity index (χ0n) is 7.14. The fourth-order valence-corrected chi connectivity index (χ4v) is 1.46. The van der Waals surface area contributed by atoms with Crippen molar-refractivity contribution in [3.05, 3.63) is 27.8 Å². The quantitative estimate of drug-likeness (QED) is 0.508. The molecule has 1 aromatic carbocycles. The molecule has 0 fully saturated rings. The van der Waals surface area contributed by atoms with E-state index in [1.807, 2.05) is 0 Å². The van der Waals surface area contributed by atoms with Crippen LogP contribution in [0, 0.1) is 10.1 Å². The molecule has 14 heavy (non-hydrogen) atoms. The van der Waals surface area contributed by atoms with Gasteiger partial charge in [-0.25, -0.2) is 0 Å². The van der Waals surface area contributed by atoms with Gasteiger partial charge in [0.2, 0.25) is 5.75 Å². The largest absolute Gasteiger partial charge is 0.502 e. The number of nitro groups is 1. The van der Waals surface area contributed by atoms with Gasteiger partial charge in [-0.05, 0) is 12.1 Å². The van der Waals surface area contributed by atoms with E-state index in [4.69, 9.17) is 10.5 Å². The van der Waals surface area contributed by atoms with Gasteiger partial charge >= 0.3 is 5.69 Å². The second-order valence-electron chi connectivity index (χ2n) is 3.03. The van der Waals surface area contributed by atoms with Gasteiger partial charge in [-0.15, -0.1) is 0 Å². The summed E-state index contributed by atoms with van der Waals surface area (Å²) < 4.78 is 5.06. The fourth-order valence-electron chi connectivity index (χ4n) is 1.46. The van der Waals surface area contributed by atoms with Crippen molar-refractivity contribution in [3.63, 3.8) is 0 Å². The molecule has 0 saturated heterocycles. The summed E-state index contributed by atoms with van der Waals surface area (Å²) in [5.74, 6) is -0.314. The molecule has 0 radical (unpaired) electrons. The molecule has 0 spiro atoms. The summed E-state index contributed by atoms with van der Waals surface area (Å²) in [7, 11) is 0. The lowest BCUT2D eigenvalue weighted by atomic mass is 10.1. The number of nitro benzene ring substituents is 1. The Bertz CT molecular complexity index is 405. The number of hydrogen-bond donors (Lipinski definition) is 2. The Labute approximate surface area is 79.1 Å². The van der Waals surface area contributed by atoms with Crippen molar-refractivity contribution in [1.82, 2.24) is 0 Å². The zero-order valence-corrected chi connectivity index (χ0v) is 7.14. The van der Waals surface area contributed by atoms with Crippen LogP contribution < -0.4 is 10.5 Å². The lowest BCUT2D eigenvalue weighted by molar-refractivity contribution is -0.386. The summed E-state index contributed by atoms with van der Waals surface area (Å²) >= 11 is 0. The first-order valence-electron chi connectivity index (χ1n) is 4.00. The highest BCUT2D eigenvalue weighted by atomic mass is 16.6. The molecule has 0 amide bonds. The van der Waals surface area contributed by atoms with E-state index in [0.717, 1.165) is 0 Å². The number of phenolic OH excluding ortho intramolecular Hbond substituents is 1. The van der Waals surface area contributed by atoms with E-state index in [9.17, 15) is 15.2 Å². The Balaban J connectivity index is 2.65. The van der Waals surface area contributed by atoms with Crippen molar-refractivity contribution < 1.29 is 14.8 Å². The lowest BCUT2D eigenvalue weighted by Crippen LogP contribution is -2.10. The first kappa shape index (κ1) is 8.76. The number of ether oxygens (including phenoxy) is 1. The summed E-state index contributed by atoms with van der Waals surface area (Å²) in [5, 5.41) is 19.9. The van der Waals surface area contributed by atoms with Crippen LogP contribution in [0.4, 0.5) is 5.69 Å². The highest BCUT2D eigenvalue weighted by Gasteiger charge is 2.31. The maximum Gasteiger partial charge on any atom is 0.352 e. The number of benzene rings is 1. The first-order valence-corrected chi connectivity index (χ1v) is 4.00. The van der Waals surface area contributed by atoms with E-state index >= 15 is 0 Å². The molecule has 0 bridgehead atoms. The van der Waals surface area contributed by atoms with Crippen molar-refractivity contribution in [2.24, 2.45) is 5.73 Å². The van der Waals surface area contributed by atoms with Gasteiger partial charge in [-0.3, -0.25) is 10.1 Å². The molecule has 6 nitrogen and oxygen atoms in total. The molecule has 1 heterocycles. The maximum atomic E-state index is 10.6. The van der Waals surface area contributed by atoms with Gasteiger partial charge in [-0.2, -0.15) is 0 Å². The van der Waals surface area contributed by atoms with Crippen LogP contribution in [0.25, 0.3) is 0 Å².